The van der Waals surface area contributed by atoms with E-state index in [4.69, 9.17) is 0 Å². The maximum absolute atomic E-state index is 13.4. The lowest BCUT2D eigenvalue weighted by Crippen LogP contribution is -2.34. The Morgan fingerprint density at radius 1 is 1.21 bits per heavy atom. The first-order chi connectivity index (χ1) is 6.54. The Labute approximate surface area is 81.4 Å². The van der Waals surface area contributed by atoms with Gasteiger partial charge in [-0.05, 0) is 31.7 Å². The third-order valence-corrected chi connectivity index (χ3v) is 2.96. The quantitative estimate of drug-likeness (QED) is 0.735. The molecule has 0 unspecified atom stereocenters. The Morgan fingerprint density at radius 2 is 1.86 bits per heavy atom. The molecule has 0 aromatic heterocycles. The fraction of sp³-hybridized carbons (Fsp3) is 0.455. The molecule has 0 bridgehead atoms. The zero-order valence-electron chi connectivity index (χ0n) is 7.98. The summed E-state index contributed by atoms with van der Waals surface area (Å²) in [5, 5.41) is 9.87. The van der Waals surface area contributed by atoms with Gasteiger partial charge in [0.05, 0.1) is 5.60 Å². The lowest BCUT2D eigenvalue weighted by atomic mass is 9.75. The third-order valence-electron chi connectivity index (χ3n) is 2.96. The number of rotatable bonds is 1. The SMILES string of the molecule is Cc1ccc(C2(O)CCC2)c(F)c1F. The lowest BCUT2D eigenvalue weighted by molar-refractivity contribution is -0.0421. The largest absolute Gasteiger partial charge is 0.385 e. The second-order valence-electron chi connectivity index (χ2n) is 3.94. The van der Waals surface area contributed by atoms with E-state index in [1.807, 2.05) is 0 Å². The molecule has 1 fully saturated rings. The van der Waals surface area contributed by atoms with Gasteiger partial charge in [-0.3, -0.25) is 0 Å². The summed E-state index contributed by atoms with van der Waals surface area (Å²) in [7, 11) is 0. The number of hydrogen-bond donors (Lipinski definition) is 1. The van der Waals surface area contributed by atoms with Crippen LogP contribution < -0.4 is 0 Å². The molecule has 1 aliphatic carbocycles. The first-order valence-electron chi connectivity index (χ1n) is 4.72. The second-order valence-corrected chi connectivity index (χ2v) is 3.94. The molecular formula is C11H12F2O. The summed E-state index contributed by atoms with van der Waals surface area (Å²) in [5.74, 6) is -1.74. The van der Waals surface area contributed by atoms with Crippen LogP contribution >= 0.6 is 0 Å². The predicted octanol–water partition coefficient (Wildman–Crippen LogP) is 2.64. The summed E-state index contributed by atoms with van der Waals surface area (Å²) in [6.45, 7) is 1.51. The molecule has 0 aliphatic heterocycles. The molecule has 3 heteroatoms. The summed E-state index contributed by atoms with van der Waals surface area (Å²) in [5.41, 5.74) is -0.750. The molecule has 0 heterocycles. The molecule has 0 amide bonds. The Balaban J connectivity index is 2.49. The number of benzene rings is 1. The normalized spacial score (nSPS) is 19.1. The summed E-state index contributed by atoms with van der Waals surface area (Å²) in [4.78, 5) is 0. The Hall–Kier alpha value is -0.960. The molecule has 0 saturated heterocycles. The van der Waals surface area contributed by atoms with Crippen LogP contribution in [-0.2, 0) is 5.60 Å². The lowest BCUT2D eigenvalue weighted by Gasteiger charge is -2.37. The van der Waals surface area contributed by atoms with Crippen LogP contribution in [0.1, 0.15) is 30.4 Å². The Morgan fingerprint density at radius 3 is 2.36 bits per heavy atom. The van der Waals surface area contributed by atoms with E-state index in [2.05, 4.69) is 0 Å². The molecule has 0 atom stereocenters. The topological polar surface area (TPSA) is 20.2 Å². The molecule has 1 aliphatic rings. The number of aryl methyl sites for hydroxylation is 1. The van der Waals surface area contributed by atoms with E-state index >= 15 is 0 Å². The summed E-state index contributed by atoms with van der Waals surface area (Å²) < 4.78 is 26.6. The van der Waals surface area contributed by atoms with Crippen molar-refractivity contribution in [2.75, 3.05) is 0 Å². The van der Waals surface area contributed by atoms with Crippen LogP contribution in [0.4, 0.5) is 8.78 Å². The van der Waals surface area contributed by atoms with Crippen LogP contribution in [0.3, 0.4) is 0 Å². The van der Waals surface area contributed by atoms with Gasteiger partial charge < -0.3 is 5.11 Å². The van der Waals surface area contributed by atoms with Crippen molar-refractivity contribution in [2.24, 2.45) is 0 Å². The summed E-state index contributed by atoms with van der Waals surface area (Å²) >= 11 is 0. The average Bonchev–Trinajstić information content (AvgIpc) is 2.11. The first kappa shape index (κ1) is 9.59. The van der Waals surface area contributed by atoms with Gasteiger partial charge >= 0.3 is 0 Å². The highest BCUT2D eigenvalue weighted by molar-refractivity contribution is 5.31. The van der Waals surface area contributed by atoms with Gasteiger partial charge in [0.2, 0.25) is 0 Å². The molecular weight excluding hydrogens is 186 g/mol. The van der Waals surface area contributed by atoms with Crippen molar-refractivity contribution in [3.05, 3.63) is 34.9 Å². The first-order valence-corrected chi connectivity index (χ1v) is 4.72. The molecule has 0 radical (unpaired) electrons. The number of hydrogen-bond acceptors (Lipinski definition) is 1. The molecule has 2 rings (SSSR count). The van der Waals surface area contributed by atoms with Crippen molar-refractivity contribution in [2.45, 2.75) is 31.8 Å². The average molecular weight is 198 g/mol. The number of aliphatic hydroxyl groups is 1. The minimum atomic E-state index is -1.13. The third kappa shape index (κ3) is 1.23. The van der Waals surface area contributed by atoms with Crippen molar-refractivity contribution >= 4 is 0 Å². The van der Waals surface area contributed by atoms with Crippen molar-refractivity contribution in [3.63, 3.8) is 0 Å². The van der Waals surface area contributed by atoms with E-state index in [0.717, 1.165) is 6.42 Å². The maximum atomic E-state index is 13.4. The van der Waals surface area contributed by atoms with Crippen LogP contribution in [0.5, 0.6) is 0 Å². The van der Waals surface area contributed by atoms with E-state index in [0.29, 0.717) is 12.8 Å². The highest BCUT2D eigenvalue weighted by atomic mass is 19.2. The van der Waals surface area contributed by atoms with Crippen LogP contribution in [0.15, 0.2) is 12.1 Å². The zero-order valence-corrected chi connectivity index (χ0v) is 7.98. The molecule has 1 saturated carbocycles. The van der Waals surface area contributed by atoms with Crippen molar-refractivity contribution < 1.29 is 13.9 Å². The highest BCUT2D eigenvalue weighted by Crippen LogP contribution is 2.42. The fourth-order valence-corrected chi connectivity index (χ4v) is 1.79. The maximum Gasteiger partial charge on any atom is 0.165 e. The molecule has 1 aromatic rings. The molecule has 76 valence electrons. The summed E-state index contributed by atoms with van der Waals surface area (Å²) in [6.07, 6.45) is 1.91. The molecule has 14 heavy (non-hydrogen) atoms. The van der Waals surface area contributed by atoms with Gasteiger partial charge in [-0.15, -0.1) is 0 Å². The molecule has 0 spiro atoms. The van der Waals surface area contributed by atoms with E-state index < -0.39 is 17.2 Å². The van der Waals surface area contributed by atoms with Crippen molar-refractivity contribution in [3.8, 4) is 0 Å². The number of halogens is 2. The smallest absolute Gasteiger partial charge is 0.165 e. The van der Waals surface area contributed by atoms with Gasteiger partial charge in [-0.1, -0.05) is 12.1 Å². The minimum Gasteiger partial charge on any atom is -0.385 e. The van der Waals surface area contributed by atoms with E-state index in [1.54, 1.807) is 0 Å². The van der Waals surface area contributed by atoms with Crippen LogP contribution in [-0.4, -0.2) is 5.11 Å². The molecule has 1 N–H and O–H groups in total. The van der Waals surface area contributed by atoms with Crippen molar-refractivity contribution in [1.29, 1.82) is 0 Å². The van der Waals surface area contributed by atoms with Gasteiger partial charge in [-0.2, -0.15) is 0 Å². The van der Waals surface area contributed by atoms with E-state index in [-0.39, 0.29) is 11.1 Å². The van der Waals surface area contributed by atoms with Crippen LogP contribution in [0.2, 0.25) is 0 Å². The van der Waals surface area contributed by atoms with Gasteiger partial charge in [0.15, 0.2) is 11.6 Å². The molecule has 1 nitrogen and oxygen atoms in total. The standard InChI is InChI=1S/C11H12F2O/c1-7-3-4-8(10(13)9(7)12)11(14)5-2-6-11/h3-4,14H,2,5-6H2,1H3. The fourth-order valence-electron chi connectivity index (χ4n) is 1.79. The zero-order chi connectivity index (χ0) is 10.3. The monoisotopic (exact) mass is 198 g/mol. The van der Waals surface area contributed by atoms with Gasteiger partial charge in [0.1, 0.15) is 0 Å². The van der Waals surface area contributed by atoms with Gasteiger partial charge in [0, 0.05) is 5.56 Å². The second kappa shape index (κ2) is 3.02. The minimum absolute atomic E-state index is 0.104. The van der Waals surface area contributed by atoms with E-state index in [1.165, 1.54) is 19.1 Å². The summed E-state index contributed by atoms with van der Waals surface area (Å²) in [6, 6.07) is 2.98. The van der Waals surface area contributed by atoms with Gasteiger partial charge in [-0.25, -0.2) is 8.78 Å². The van der Waals surface area contributed by atoms with Crippen LogP contribution in [0.25, 0.3) is 0 Å². The predicted molar refractivity (Wildman–Crippen MR) is 48.8 cm³/mol. The highest BCUT2D eigenvalue weighted by Gasteiger charge is 2.39. The Bertz CT molecular complexity index is 370. The van der Waals surface area contributed by atoms with Crippen molar-refractivity contribution in [1.82, 2.24) is 0 Å². The Kier molecular flexibility index (Phi) is 2.07. The van der Waals surface area contributed by atoms with Gasteiger partial charge in [0.25, 0.3) is 0 Å². The van der Waals surface area contributed by atoms with Crippen LogP contribution in [0, 0.1) is 18.6 Å². The molecule has 1 aromatic carbocycles. The van der Waals surface area contributed by atoms with E-state index in [9.17, 15) is 13.9 Å².